The van der Waals surface area contributed by atoms with E-state index in [0.717, 1.165) is 10.5 Å². The minimum absolute atomic E-state index is 0.186. The average molecular weight is 407 g/mol. The Morgan fingerprint density at radius 2 is 1.93 bits per heavy atom. The number of fused-ring (bicyclic) bond motifs is 1. The predicted molar refractivity (Wildman–Crippen MR) is 106 cm³/mol. The molecule has 0 aliphatic carbocycles. The van der Waals surface area contributed by atoms with Crippen molar-refractivity contribution in [1.82, 2.24) is 19.6 Å². The highest BCUT2D eigenvalue weighted by molar-refractivity contribution is 6.07. The van der Waals surface area contributed by atoms with Crippen molar-refractivity contribution in [2.75, 3.05) is 0 Å². The van der Waals surface area contributed by atoms with Gasteiger partial charge in [-0.3, -0.25) is 29.0 Å². The smallest absolute Gasteiger partial charge is 0.319 e. The number of hydrogen-bond acceptors (Lipinski definition) is 6. The normalized spacial score (nSPS) is 18.7. The van der Waals surface area contributed by atoms with Gasteiger partial charge in [0.05, 0.1) is 17.2 Å². The van der Waals surface area contributed by atoms with E-state index in [1.54, 1.807) is 18.3 Å². The van der Waals surface area contributed by atoms with Gasteiger partial charge < -0.3 is 5.32 Å². The number of carbonyl (C=O) groups excluding carboxylic acids is 2. The highest BCUT2D eigenvalue weighted by Crippen LogP contribution is 2.31. The molecule has 1 atom stereocenters. The largest absolute Gasteiger partial charge is 0.325 e. The Morgan fingerprint density at radius 3 is 2.67 bits per heavy atom. The number of imide groups is 1. The fraction of sp³-hybridized carbons (Fsp3) is 0.200. The second kappa shape index (κ2) is 6.76. The van der Waals surface area contributed by atoms with Crippen molar-refractivity contribution in [2.45, 2.75) is 25.9 Å². The third kappa shape index (κ3) is 3.08. The summed E-state index contributed by atoms with van der Waals surface area (Å²) < 4.78 is 1.37. The fourth-order valence-electron chi connectivity index (χ4n) is 3.46. The number of amides is 3. The number of non-ortho nitro benzene ring substituents is 1. The van der Waals surface area contributed by atoms with Crippen LogP contribution in [0.5, 0.6) is 0 Å². The molecule has 3 heterocycles. The first-order valence-corrected chi connectivity index (χ1v) is 9.07. The molecular weight excluding hydrogens is 390 g/mol. The second-order valence-corrected chi connectivity index (χ2v) is 7.27. The molecule has 1 saturated heterocycles. The van der Waals surface area contributed by atoms with Crippen LogP contribution in [0.2, 0.25) is 0 Å². The summed E-state index contributed by atoms with van der Waals surface area (Å²) in [5.74, 6) is -0.584. The number of hydrogen-bond donors (Lipinski definition) is 1. The first-order valence-electron chi connectivity index (χ1n) is 9.07. The van der Waals surface area contributed by atoms with Crippen LogP contribution in [0.3, 0.4) is 0 Å². The highest BCUT2D eigenvalue weighted by Gasteiger charge is 2.49. The van der Waals surface area contributed by atoms with E-state index < -0.39 is 22.4 Å². The van der Waals surface area contributed by atoms with E-state index in [0.29, 0.717) is 11.2 Å². The third-order valence-electron chi connectivity index (χ3n) is 5.11. The molecular formula is C20H17N5O5. The van der Waals surface area contributed by atoms with Crippen molar-refractivity contribution < 1.29 is 14.5 Å². The van der Waals surface area contributed by atoms with Crippen molar-refractivity contribution in [1.29, 1.82) is 0 Å². The maximum absolute atomic E-state index is 13.1. The molecule has 1 aromatic carbocycles. The number of nitrogens with one attached hydrogen (secondary N) is 1. The Kier molecular flexibility index (Phi) is 4.34. The van der Waals surface area contributed by atoms with E-state index >= 15 is 0 Å². The molecule has 1 aliphatic heterocycles. The summed E-state index contributed by atoms with van der Waals surface area (Å²) in [6, 6.07) is 9.66. The van der Waals surface area contributed by atoms with Crippen LogP contribution in [0.15, 0.2) is 53.5 Å². The molecule has 10 heteroatoms. The predicted octanol–water partition coefficient (Wildman–Crippen LogP) is 1.88. The Bertz CT molecular complexity index is 1280. The molecule has 0 saturated carbocycles. The quantitative estimate of drug-likeness (QED) is 0.400. The van der Waals surface area contributed by atoms with Crippen LogP contribution in [0, 0.1) is 17.0 Å². The molecule has 30 heavy (non-hydrogen) atoms. The number of benzene rings is 1. The molecule has 0 radical (unpaired) electrons. The van der Waals surface area contributed by atoms with Crippen molar-refractivity contribution in [3.05, 3.63) is 86.0 Å². The lowest BCUT2D eigenvalue weighted by atomic mass is 9.91. The van der Waals surface area contributed by atoms with E-state index in [1.807, 2.05) is 6.92 Å². The molecule has 10 nitrogen and oxygen atoms in total. The zero-order valence-corrected chi connectivity index (χ0v) is 16.2. The number of urea groups is 1. The number of nitro benzene ring substituents is 1. The van der Waals surface area contributed by atoms with Crippen LogP contribution >= 0.6 is 0 Å². The first-order chi connectivity index (χ1) is 14.2. The summed E-state index contributed by atoms with van der Waals surface area (Å²) in [6.07, 6.45) is 1.61. The molecule has 2 aromatic heterocycles. The summed E-state index contributed by atoms with van der Waals surface area (Å²) in [5, 5.41) is 13.7. The van der Waals surface area contributed by atoms with E-state index in [4.69, 9.17) is 0 Å². The number of aromatic nitrogens is 2. The van der Waals surface area contributed by atoms with Crippen LogP contribution in [0.25, 0.3) is 5.65 Å². The monoisotopic (exact) mass is 407 g/mol. The SMILES string of the molecule is Cc1ccn2c(=O)cc(CN3C(=O)NC(C)(c4cccc([N+](=O)[O-])c4)C3=O)nc2c1. The molecule has 1 aliphatic rings. The Labute approximate surface area is 169 Å². The Balaban J connectivity index is 1.68. The van der Waals surface area contributed by atoms with Crippen molar-refractivity contribution in [2.24, 2.45) is 0 Å². The number of pyridine rings is 1. The minimum Gasteiger partial charge on any atom is -0.319 e. The molecule has 3 amide bonds. The second-order valence-electron chi connectivity index (χ2n) is 7.27. The van der Waals surface area contributed by atoms with Gasteiger partial charge in [0.2, 0.25) is 0 Å². The van der Waals surface area contributed by atoms with Crippen molar-refractivity contribution in [3.63, 3.8) is 0 Å². The standard InChI is InChI=1S/C20H17N5O5/c1-12-6-7-23-16(8-12)21-14(10-17(23)26)11-24-18(27)20(2,22-19(24)28)13-4-3-5-15(9-13)25(29)30/h3-10H,11H2,1-2H3,(H,22,28). The highest BCUT2D eigenvalue weighted by atomic mass is 16.6. The van der Waals surface area contributed by atoms with Crippen molar-refractivity contribution >= 4 is 23.3 Å². The van der Waals surface area contributed by atoms with Crippen LogP contribution in [0.4, 0.5) is 10.5 Å². The van der Waals surface area contributed by atoms with Gasteiger partial charge in [-0.05, 0) is 37.1 Å². The molecule has 0 spiro atoms. The lowest BCUT2D eigenvalue weighted by Crippen LogP contribution is -2.40. The van der Waals surface area contributed by atoms with Gasteiger partial charge in [0.25, 0.3) is 17.2 Å². The van der Waals surface area contributed by atoms with Gasteiger partial charge in [0, 0.05) is 24.4 Å². The van der Waals surface area contributed by atoms with Crippen LogP contribution in [-0.4, -0.2) is 31.1 Å². The lowest BCUT2D eigenvalue weighted by molar-refractivity contribution is -0.385. The number of nitrogens with zero attached hydrogens (tertiary/aromatic N) is 4. The number of aryl methyl sites for hydroxylation is 1. The maximum Gasteiger partial charge on any atom is 0.325 e. The number of carbonyl (C=O) groups is 2. The summed E-state index contributed by atoms with van der Waals surface area (Å²) in [4.78, 5) is 53.8. The average Bonchev–Trinajstić information content (AvgIpc) is 2.92. The zero-order valence-electron chi connectivity index (χ0n) is 16.2. The summed E-state index contributed by atoms with van der Waals surface area (Å²) in [6.45, 7) is 3.15. The van der Waals surface area contributed by atoms with Crippen LogP contribution < -0.4 is 10.9 Å². The van der Waals surface area contributed by atoms with Gasteiger partial charge >= 0.3 is 6.03 Å². The van der Waals surface area contributed by atoms with Gasteiger partial charge in [0.15, 0.2) is 0 Å². The molecule has 1 N–H and O–H groups in total. The molecule has 1 unspecified atom stereocenters. The van der Waals surface area contributed by atoms with E-state index in [1.165, 1.54) is 41.7 Å². The third-order valence-corrected chi connectivity index (χ3v) is 5.11. The Hall–Kier alpha value is -4.08. The summed E-state index contributed by atoms with van der Waals surface area (Å²) in [5.41, 5.74) is -0.112. The fourth-order valence-corrected chi connectivity index (χ4v) is 3.46. The Morgan fingerprint density at radius 1 is 1.17 bits per heavy atom. The zero-order chi connectivity index (χ0) is 21.6. The summed E-state index contributed by atoms with van der Waals surface area (Å²) >= 11 is 0. The van der Waals surface area contributed by atoms with Gasteiger partial charge in [-0.15, -0.1) is 0 Å². The maximum atomic E-state index is 13.1. The lowest BCUT2D eigenvalue weighted by Gasteiger charge is -2.22. The molecule has 0 bridgehead atoms. The van der Waals surface area contributed by atoms with E-state index in [2.05, 4.69) is 10.3 Å². The van der Waals surface area contributed by atoms with Gasteiger partial charge in [-0.2, -0.15) is 0 Å². The molecule has 4 rings (SSSR count). The van der Waals surface area contributed by atoms with E-state index in [9.17, 15) is 24.5 Å². The number of rotatable bonds is 4. The van der Waals surface area contributed by atoms with E-state index in [-0.39, 0.29) is 23.5 Å². The van der Waals surface area contributed by atoms with Gasteiger partial charge in [-0.1, -0.05) is 12.1 Å². The topological polar surface area (TPSA) is 127 Å². The minimum atomic E-state index is -1.47. The molecule has 3 aromatic rings. The number of nitro groups is 1. The van der Waals surface area contributed by atoms with Crippen molar-refractivity contribution in [3.8, 4) is 0 Å². The first kappa shape index (κ1) is 19.2. The van der Waals surface area contributed by atoms with Gasteiger partial charge in [0.1, 0.15) is 11.2 Å². The molecule has 152 valence electrons. The van der Waals surface area contributed by atoms with Crippen LogP contribution in [-0.2, 0) is 16.9 Å². The molecule has 1 fully saturated rings. The van der Waals surface area contributed by atoms with Gasteiger partial charge in [-0.25, -0.2) is 9.78 Å². The summed E-state index contributed by atoms with van der Waals surface area (Å²) in [7, 11) is 0. The van der Waals surface area contributed by atoms with Crippen LogP contribution in [0.1, 0.15) is 23.7 Å².